The number of nitrogens with zero attached hydrogens (tertiary/aromatic N) is 2. The van der Waals surface area contributed by atoms with Gasteiger partial charge < -0.3 is 9.88 Å². The molecule has 1 heterocycles. The highest BCUT2D eigenvalue weighted by Crippen LogP contribution is 2.35. The topological polar surface area (TPSA) is 77.2 Å². The summed E-state index contributed by atoms with van der Waals surface area (Å²) in [6.45, 7) is 0. The lowest BCUT2D eigenvalue weighted by molar-refractivity contribution is -0.385. The fraction of sp³-hybridized carbons (Fsp3) is 0.118. The van der Waals surface area contributed by atoms with Gasteiger partial charge in [-0.25, -0.2) is 0 Å². The summed E-state index contributed by atoms with van der Waals surface area (Å²) in [5.74, 6) is 0. The van der Waals surface area contributed by atoms with Crippen molar-refractivity contribution in [1.82, 2.24) is 4.57 Å². The molecule has 0 aliphatic heterocycles. The number of hydrogen-bond acceptors (Lipinski definition) is 4. The molecule has 0 fully saturated rings. The number of anilines is 2. The van der Waals surface area contributed by atoms with Crippen LogP contribution in [0.15, 0.2) is 53.3 Å². The molecule has 0 saturated heterocycles. The van der Waals surface area contributed by atoms with Gasteiger partial charge in [-0.15, -0.1) is 0 Å². The smallest absolute Gasteiger partial charge is 0.349 e. The van der Waals surface area contributed by atoms with E-state index in [9.17, 15) is 28.1 Å². The van der Waals surface area contributed by atoms with Crippen molar-refractivity contribution in [2.75, 3.05) is 5.32 Å². The van der Waals surface area contributed by atoms with Crippen molar-refractivity contribution in [2.24, 2.45) is 7.05 Å². The monoisotopic (exact) mass is 363 g/mol. The molecule has 3 rings (SSSR count). The molecule has 26 heavy (non-hydrogen) atoms. The van der Waals surface area contributed by atoms with Crippen molar-refractivity contribution in [2.45, 2.75) is 6.18 Å². The molecule has 1 aromatic heterocycles. The molecule has 9 heteroatoms. The second kappa shape index (κ2) is 6.17. The summed E-state index contributed by atoms with van der Waals surface area (Å²) in [4.78, 5) is 22.9. The first-order valence-corrected chi connectivity index (χ1v) is 7.40. The van der Waals surface area contributed by atoms with E-state index >= 15 is 0 Å². The maximum absolute atomic E-state index is 12.9. The quantitative estimate of drug-likeness (QED) is 0.559. The van der Waals surface area contributed by atoms with Gasteiger partial charge in [-0.05, 0) is 24.3 Å². The van der Waals surface area contributed by atoms with Gasteiger partial charge in [-0.2, -0.15) is 13.2 Å². The van der Waals surface area contributed by atoms with E-state index in [1.165, 1.54) is 19.2 Å². The van der Waals surface area contributed by atoms with Gasteiger partial charge in [0.05, 0.1) is 16.0 Å². The van der Waals surface area contributed by atoms with Crippen LogP contribution in [0.2, 0.25) is 0 Å². The molecule has 0 spiro atoms. The maximum Gasteiger partial charge on any atom is 0.416 e. The Bertz CT molecular complexity index is 1070. The fourth-order valence-corrected chi connectivity index (χ4v) is 2.69. The minimum atomic E-state index is -4.56. The zero-order valence-electron chi connectivity index (χ0n) is 13.4. The number of pyridine rings is 1. The van der Waals surface area contributed by atoms with Crippen LogP contribution in [0.3, 0.4) is 0 Å². The molecule has 0 aliphatic rings. The van der Waals surface area contributed by atoms with Gasteiger partial charge in [0.2, 0.25) is 0 Å². The van der Waals surface area contributed by atoms with Gasteiger partial charge in [0.1, 0.15) is 5.69 Å². The van der Waals surface area contributed by atoms with Crippen LogP contribution in [-0.4, -0.2) is 9.49 Å². The number of para-hydroxylation sites is 1. The summed E-state index contributed by atoms with van der Waals surface area (Å²) in [7, 11) is 1.39. The third kappa shape index (κ3) is 2.99. The number of alkyl halides is 3. The lowest BCUT2D eigenvalue weighted by Gasteiger charge is -2.14. The average molecular weight is 363 g/mol. The van der Waals surface area contributed by atoms with E-state index in [4.69, 9.17) is 0 Å². The highest BCUT2D eigenvalue weighted by Gasteiger charge is 2.31. The zero-order valence-corrected chi connectivity index (χ0v) is 13.4. The second-order valence-electron chi connectivity index (χ2n) is 5.57. The molecule has 0 saturated carbocycles. The summed E-state index contributed by atoms with van der Waals surface area (Å²) in [6, 6.07) is 10.7. The fourth-order valence-electron chi connectivity index (χ4n) is 2.69. The zero-order chi connectivity index (χ0) is 19.1. The molecule has 0 unspecified atom stereocenters. The second-order valence-corrected chi connectivity index (χ2v) is 5.57. The van der Waals surface area contributed by atoms with Gasteiger partial charge in [-0.1, -0.05) is 24.3 Å². The van der Waals surface area contributed by atoms with Gasteiger partial charge in [0.15, 0.2) is 0 Å². The van der Waals surface area contributed by atoms with Crippen molar-refractivity contribution in [3.63, 3.8) is 0 Å². The van der Waals surface area contributed by atoms with E-state index in [0.29, 0.717) is 10.9 Å². The minimum Gasteiger partial charge on any atom is -0.349 e. The number of aromatic nitrogens is 1. The number of rotatable bonds is 3. The van der Waals surface area contributed by atoms with Crippen LogP contribution in [0.5, 0.6) is 0 Å². The summed E-state index contributed by atoms with van der Waals surface area (Å²) < 4.78 is 39.8. The van der Waals surface area contributed by atoms with Gasteiger partial charge in [0, 0.05) is 18.1 Å². The van der Waals surface area contributed by atoms with Crippen LogP contribution in [0, 0.1) is 10.1 Å². The van der Waals surface area contributed by atoms with Crippen LogP contribution >= 0.6 is 0 Å². The molecule has 0 atom stereocenters. The molecule has 0 aliphatic carbocycles. The summed E-state index contributed by atoms with van der Waals surface area (Å²) in [5, 5.41) is 14.4. The Balaban J connectivity index is 2.25. The van der Waals surface area contributed by atoms with Gasteiger partial charge >= 0.3 is 17.4 Å². The summed E-state index contributed by atoms with van der Waals surface area (Å²) in [6.07, 6.45) is -4.56. The number of nitro groups is 1. The molecular weight excluding hydrogens is 351 g/mol. The van der Waals surface area contributed by atoms with E-state index in [0.717, 1.165) is 16.7 Å². The van der Waals surface area contributed by atoms with Crippen molar-refractivity contribution in [1.29, 1.82) is 0 Å². The Hall–Kier alpha value is -3.36. The van der Waals surface area contributed by atoms with Crippen molar-refractivity contribution < 1.29 is 18.1 Å². The largest absolute Gasteiger partial charge is 0.416 e. The highest BCUT2D eigenvalue weighted by atomic mass is 19.4. The molecule has 1 N–H and O–H groups in total. The van der Waals surface area contributed by atoms with E-state index < -0.39 is 27.9 Å². The Morgan fingerprint density at radius 3 is 2.46 bits per heavy atom. The van der Waals surface area contributed by atoms with Crippen molar-refractivity contribution in [3.05, 3.63) is 74.6 Å². The number of nitrogens with one attached hydrogen (secondary N) is 1. The Morgan fingerprint density at radius 2 is 1.81 bits per heavy atom. The third-order valence-electron chi connectivity index (χ3n) is 3.92. The van der Waals surface area contributed by atoms with E-state index in [1.54, 1.807) is 24.3 Å². The lowest BCUT2D eigenvalue weighted by Crippen LogP contribution is -2.22. The van der Waals surface area contributed by atoms with E-state index in [1.807, 2.05) is 0 Å². The molecule has 0 amide bonds. The molecule has 134 valence electrons. The third-order valence-corrected chi connectivity index (χ3v) is 3.92. The van der Waals surface area contributed by atoms with Crippen LogP contribution in [0.4, 0.5) is 30.2 Å². The Morgan fingerprint density at radius 1 is 1.12 bits per heavy atom. The van der Waals surface area contributed by atoms with Crippen LogP contribution in [-0.2, 0) is 13.2 Å². The molecule has 6 nitrogen and oxygen atoms in total. The van der Waals surface area contributed by atoms with Crippen molar-refractivity contribution >= 4 is 28.0 Å². The number of aryl methyl sites for hydroxylation is 1. The first kappa shape index (κ1) is 17.5. The van der Waals surface area contributed by atoms with Crippen LogP contribution < -0.4 is 10.9 Å². The normalized spacial score (nSPS) is 11.5. The maximum atomic E-state index is 12.9. The Kier molecular flexibility index (Phi) is 4.15. The molecule has 2 aromatic carbocycles. The van der Waals surface area contributed by atoms with Crippen molar-refractivity contribution in [3.8, 4) is 0 Å². The number of hydrogen-bond donors (Lipinski definition) is 1. The summed E-state index contributed by atoms with van der Waals surface area (Å²) >= 11 is 0. The van der Waals surface area contributed by atoms with Crippen LogP contribution in [0.25, 0.3) is 10.9 Å². The summed E-state index contributed by atoms with van der Waals surface area (Å²) in [5.41, 5.74) is -2.24. The number of benzene rings is 2. The lowest BCUT2D eigenvalue weighted by atomic mass is 10.1. The van der Waals surface area contributed by atoms with Gasteiger partial charge in [0.25, 0.3) is 0 Å². The van der Waals surface area contributed by atoms with Gasteiger partial charge in [-0.3, -0.25) is 14.9 Å². The first-order valence-electron chi connectivity index (χ1n) is 7.40. The first-order chi connectivity index (χ1) is 12.2. The molecule has 3 aromatic rings. The Labute approximate surface area is 144 Å². The van der Waals surface area contributed by atoms with E-state index in [-0.39, 0.29) is 11.4 Å². The minimum absolute atomic E-state index is 0.0127. The average Bonchev–Trinajstić information content (AvgIpc) is 2.59. The molecule has 0 bridgehead atoms. The SMILES string of the molecule is Cn1c(=O)c([N+](=O)[O-])c(Nc2cccc(C(F)(F)F)c2)c2ccccc21. The van der Waals surface area contributed by atoms with E-state index in [2.05, 4.69) is 5.32 Å². The molecular formula is C17H12F3N3O3. The van der Waals surface area contributed by atoms with Crippen LogP contribution in [0.1, 0.15) is 5.56 Å². The molecule has 0 radical (unpaired) electrons. The predicted octanol–water partition coefficient (Wildman–Crippen LogP) is 4.21. The number of halogens is 3. The standard InChI is InChI=1S/C17H12F3N3O3/c1-22-13-8-3-2-7-12(13)14(15(16(22)24)23(25)26)21-11-6-4-5-10(9-11)17(18,19)20/h2-9,21H,1H3. The number of fused-ring (bicyclic) bond motifs is 1. The predicted molar refractivity (Wildman–Crippen MR) is 90.6 cm³/mol. The highest BCUT2D eigenvalue weighted by molar-refractivity contribution is 5.97.